The molecule has 2 aromatic heterocycles. The Morgan fingerprint density at radius 3 is 2.68 bits per heavy atom. The number of anilines is 1. The summed E-state index contributed by atoms with van der Waals surface area (Å²) in [5.74, 6) is -0.154. The van der Waals surface area contributed by atoms with Crippen LogP contribution in [-0.2, 0) is 6.42 Å². The molecule has 1 aromatic carbocycles. The summed E-state index contributed by atoms with van der Waals surface area (Å²) < 4.78 is 15.5. The van der Waals surface area contributed by atoms with Crippen molar-refractivity contribution in [2.75, 3.05) is 11.4 Å². The summed E-state index contributed by atoms with van der Waals surface area (Å²) in [6, 6.07) is 6.70. The van der Waals surface area contributed by atoms with Crippen LogP contribution in [0, 0.1) is 5.82 Å². The number of aryl methyl sites for hydroxylation is 1. The van der Waals surface area contributed by atoms with E-state index in [1.54, 1.807) is 17.2 Å². The van der Waals surface area contributed by atoms with Crippen molar-refractivity contribution < 1.29 is 9.18 Å². The van der Waals surface area contributed by atoms with Gasteiger partial charge in [-0.25, -0.2) is 14.1 Å². The number of hydrogen-bond donors (Lipinski definition) is 0. The molecule has 3 heterocycles. The zero-order chi connectivity index (χ0) is 20.0. The molecular formula is C22H25FN4O. The molecule has 0 saturated heterocycles. The van der Waals surface area contributed by atoms with Crippen molar-refractivity contribution in [1.29, 1.82) is 0 Å². The number of fused-ring (bicyclic) bond motifs is 2. The second kappa shape index (κ2) is 7.00. The van der Waals surface area contributed by atoms with Gasteiger partial charge in [-0.15, -0.1) is 0 Å². The lowest BCUT2D eigenvalue weighted by Gasteiger charge is -2.30. The van der Waals surface area contributed by atoms with E-state index in [1.165, 1.54) is 12.1 Å². The zero-order valence-corrected chi connectivity index (χ0v) is 16.7. The maximum atomic E-state index is 13.7. The molecule has 0 fully saturated rings. The Labute approximate surface area is 164 Å². The van der Waals surface area contributed by atoms with Crippen molar-refractivity contribution in [2.24, 2.45) is 0 Å². The minimum Gasteiger partial charge on any atom is -0.308 e. The van der Waals surface area contributed by atoms with E-state index in [0.29, 0.717) is 12.1 Å². The second-order valence-corrected chi connectivity index (χ2v) is 8.00. The molecule has 4 rings (SSSR count). The molecule has 0 aliphatic carbocycles. The molecule has 1 aliphatic rings. The third-order valence-electron chi connectivity index (χ3n) is 5.30. The fourth-order valence-corrected chi connectivity index (χ4v) is 3.81. The number of pyridine rings is 1. The van der Waals surface area contributed by atoms with E-state index in [2.05, 4.69) is 18.9 Å². The lowest BCUT2D eigenvalue weighted by atomic mass is 9.99. The Bertz CT molecular complexity index is 1050. The Morgan fingerprint density at radius 1 is 1.18 bits per heavy atom. The van der Waals surface area contributed by atoms with Gasteiger partial charge >= 0.3 is 0 Å². The Balaban J connectivity index is 1.86. The molecule has 0 atom stereocenters. The number of carbonyl (C=O) groups is 1. The minimum atomic E-state index is -0.264. The van der Waals surface area contributed by atoms with E-state index in [1.807, 2.05) is 24.6 Å². The summed E-state index contributed by atoms with van der Waals surface area (Å²) in [4.78, 5) is 20.1. The number of amides is 1. The van der Waals surface area contributed by atoms with Crippen molar-refractivity contribution >= 4 is 22.6 Å². The summed E-state index contributed by atoms with van der Waals surface area (Å²) in [6.45, 7) is 8.85. The number of rotatable bonds is 3. The second-order valence-electron chi connectivity index (χ2n) is 8.00. The van der Waals surface area contributed by atoms with E-state index in [0.717, 1.165) is 40.8 Å². The largest absolute Gasteiger partial charge is 0.308 e. The molecule has 3 aromatic rings. The first-order valence-corrected chi connectivity index (χ1v) is 9.85. The van der Waals surface area contributed by atoms with Gasteiger partial charge in [0.15, 0.2) is 5.65 Å². The van der Waals surface area contributed by atoms with Gasteiger partial charge < -0.3 is 4.90 Å². The molecule has 0 bridgehead atoms. The molecule has 0 unspecified atom stereocenters. The summed E-state index contributed by atoms with van der Waals surface area (Å²) in [6.07, 6.45) is 3.33. The van der Waals surface area contributed by atoms with Crippen LogP contribution < -0.4 is 4.90 Å². The Hall–Kier alpha value is -2.76. The topological polar surface area (TPSA) is 51.0 Å². The smallest absolute Gasteiger partial charge is 0.259 e. The van der Waals surface area contributed by atoms with Crippen LogP contribution in [0.15, 0.2) is 30.5 Å². The molecule has 1 aliphatic heterocycles. The van der Waals surface area contributed by atoms with E-state index in [-0.39, 0.29) is 23.7 Å². The zero-order valence-electron chi connectivity index (χ0n) is 16.7. The molecule has 0 radical (unpaired) electrons. The maximum absolute atomic E-state index is 13.7. The normalized spacial score (nSPS) is 14.2. The maximum Gasteiger partial charge on any atom is 0.259 e. The van der Waals surface area contributed by atoms with E-state index in [4.69, 9.17) is 4.98 Å². The van der Waals surface area contributed by atoms with Crippen LogP contribution in [0.2, 0.25) is 0 Å². The SMILES string of the molecule is CC(C)c1cc(C(=O)N2CCCc3cc(F)ccc32)c2cnn(C(C)C)c2n1. The van der Waals surface area contributed by atoms with Gasteiger partial charge in [0.05, 0.1) is 17.1 Å². The lowest BCUT2D eigenvalue weighted by Crippen LogP contribution is -2.35. The number of nitrogens with zero attached hydrogens (tertiary/aromatic N) is 4. The lowest BCUT2D eigenvalue weighted by molar-refractivity contribution is 0.0986. The molecule has 28 heavy (non-hydrogen) atoms. The predicted octanol–water partition coefficient (Wildman–Crippen LogP) is 4.87. The van der Waals surface area contributed by atoms with Gasteiger partial charge in [-0.05, 0) is 62.4 Å². The molecule has 0 saturated carbocycles. The predicted molar refractivity (Wildman–Crippen MR) is 108 cm³/mol. The fraction of sp³-hybridized carbons (Fsp3) is 0.409. The average Bonchev–Trinajstić information content (AvgIpc) is 3.10. The third-order valence-corrected chi connectivity index (χ3v) is 5.30. The minimum absolute atomic E-state index is 0.0786. The van der Waals surface area contributed by atoms with Gasteiger partial charge in [0.25, 0.3) is 5.91 Å². The summed E-state index contributed by atoms with van der Waals surface area (Å²) >= 11 is 0. The number of carbonyl (C=O) groups excluding carboxylic acids is 1. The molecular weight excluding hydrogens is 355 g/mol. The van der Waals surface area contributed by atoms with Crippen LogP contribution in [0.1, 0.15) is 67.7 Å². The highest BCUT2D eigenvalue weighted by atomic mass is 19.1. The molecule has 1 amide bonds. The summed E-state index contributed by atoms with van der Waals surface area (Å²) in [5, 5.41) is 5.23. The van der Waals surface area contributed by atoms with Gasteiger partial charge in [0.1, 0.15) is 5.82 Å². The first-order valence-electron chi connectivity index (χ1n) is 9.85. The van der Waals surface area contributed by atoms with E-state index in [9.17, 15) is 9.18 Å². The van der Waals surface area contributed by atoms with Crippen molar-refractivity contribution in [3.8, 4) is 0 Å². The van der Waals surface area contributed by atoms with Crippen molar-refractivity contribution in [3.63, 3.8) is 0 Å². The Kier molecular flexibility index (Phi) is 4.65. The van der Waals surface area contributed by atoms with Gasteiger partial charge in [-0.3, -0.25) is 4.79 Å². The first kappa shape index (κ1) is 18.6. The van der Waals surface area contributed by atoms with E-state index >= 15 is 0 Å². The number of hydrogen-bond acceptors (Lipinski definition) is 3. The summed E-state index contributed by atoms with van der Waals surface area (Å²) in [7, 11) is 0. The highest BCUT2D eigenvalue weighted by molar-refractivity contribution is 6.13. The quantitative estimate of drug-likeness (QED) is 0.651. The summed E-state index contributed by atoms with van der Waals surface area (Å²) in [5.41, 5.74) is 3.89. The van der Waals surface area contributed by atoms with Crippen LogP contribution in [0.5, 0.6) is 0 Å². The van der Waals surface area contributed by atoms with E-state index < -0.39 is 0 Å². The van der Waals surface area contributed by atoms with Crippen molar-refractivity contribution in [2.45, 2.75) is 52.5 Å². The van der Waals surface area contributed by atoms with Crippen molar-refractivity contribution in [1.82, 2.24) is 14.8 Å². The highest BCUT2D eigenvalue weighted by Crippen LogP contribution is 2.31. The van der Waals surface area contributed by atoms with Crippen LogP contribution in [0.3, 0.4) is 0 Å². The highest BCUT2D eigenvalue weighted by Gasteiger charge is 2.27. The average molecular weight is 380 g/mol. The molecule has 6 heteroatoms. The Morgan fingerprint density at radius 2 is 1.96 bits per heavy atom. The van der Waals surface area contributed by atoms with Gasteiger partial charge in [-0.2, -0.15) is 5.10 Å². The standard InChI is InChI=1S/C22H25FN4O/c1-13(2)19-11-17(18-12-24-27(14(3)4)21(18)25-19)22(28)26-9-5-6-15-10-16(23)7-8-20(15)26/h7-8,10-14H,5-6,9H2,1-4H3. The number of halogens is 1. The van der Waals surface area contributed by atoms with Gasteiger partial charge in [-0.1, -0.05) is 13.8 Å². The van der Waals surface area contributed by atoms with Gasteiger partial charge in [0, 0.05) is 24.0 Å². The fourth-order valence-electron chi connectivity index (χ4n) is 3.81. The van der Waals surface area contributed by atoms with Crippen molar-refractivity contribution in [3.05, 3.63) is 53.1 Å². The number of benzene rings is 1. The van der Waals surface area contributed by atoms with Crippen LogP contribution in [0.25, 0.3) is 11.0 Å². The number of aromatic nitrogens is 3. The van der Waals surface area contributed by atoms with Gasteiger partial charge in [0.2, 0.25) is 0 Å². The molecule has 0 spiro atoms. The third kappa shape index (κ3) is 3.07. The monoisotopic (exact) mass is 380 g/mol. The van der Waals surface area contributed by atoms with Crippen LogP contribution >= 0.6 is 0 Å². The first-order chi connectivity index (χ1) is 13.4. The molecule has 5 nitrogen and oxygen atoms in total. The molecule has 146 valence electrons. The molecule has 0 N–H and O–H groups in total. The van der Waals surface area contributed by atoms with Crippen LogP contribution in [0.4, 0.5) is 10.1 Å². The van der Waals surface area contributed by atoms with Crippen LogP contribution in [-0.4, -0.2) is 27.2 Å².